The fourth-order valence-corrected chi connectivity index (χ4v) is 3.81. The van der Waals surface area contributed by atoms with Crippen molar-refractivity contribution >= 4 is 22.6 Å². The van der Waals surface area contributed by atoms with Crippen molar-refractivity contribution < 1.29 is 19.0 Å². The smallest absolute Gasteiger partial charge is 0.265 e. The first-order chi connectivity index (χ1) is 16.4. The van der Waals surface area contributed by atoms with Crippen LogP contribution in [0.1, 0.15) is 19.5 Å². The zero-order valence-corrected chi connectivity index (χ0v) is 20.0. The van der Waals surface area contributed by atoms with Gasteiger partial charge in [0.2, 0.25) is 5.88 Å². The van der Waals surface area contributed by atoms with Crippen molar-refractivity contribution in [3.05, 3.63) is 60.3 Å². The summed E-state index contributed by atoms with van der Waals surface area (Å²) in [6.07, 6.45) is -0.801. The number of carbonyl (C=O) groups is 1. The molecular weight excluding hydrogens is 432 g/mol. The summed E-state index contributed by atoms with van der Waals surface area (Å²) in [7, 11) is 3.11. The van der Waals surface area contributed by atoms with Crippen LogP contribution in [0, 0.1) is 6.92 Å². The van der Waals surface area contributed by atoms with E-state index >= 15 is 0 Å². The minimum Gasteiger partial charge on any atom is -0.497 e. The highest BCUT2D eigenvalue weighted by molar-refractivity contribution is 5.96. The molecule has 0 aliphatic carbocycles. The molecule has 4 aromatic rings. The largest absolute Gasteiger partial charge is 0.497 e. The van der Waals surface area contributed by atoms with E-state index in [1.807, 2.05) is 54.9 Å². The highest BCUT2D eigenvalue weighted by Crippen LogP contribution is 2.33. The number of aromatic nitrogens is 3. The Labute approximate surface area is 198 Å². The Morgan fingerprint density at radius 3 is 2.35 bits per heavy atom. The highest BCUT2D eigenvalue weighted by Gasteiger charge is 2.20. The summed E-state index contributed by atoms with van der Waals surface area (Å²) < 4.78 is 18.4. The van der Waals surface area contributed by atoms with Crippen molar-refractivity contribution in [1.82, 2.24) is 14.8 Å². The molecule has 34 heavy (non-hydrogen) atoms. The summed E-state index contributed by atoms with van der Waals surface area (Å²) in [6, 6.07) is 17.0. The van der Waals surface area contributed by atoms with Gasteiger partial charge in [-0.05, 0) is 31.9 Å². The third kappa shape index (κ3) is 4.66. The standard InChI is InChI=1S/C26H28N4O4/c1-6-30-25-24(16(2)29-30)22(18-10-8-7-9-11-18)15-23(28-25)34-17(3)26(31)27-19-12-20(32-4)14-21(13-19)33-5/h7-15,17H,6H2,1-5H3,(H,27,31)/t17-/m0/s1. The number of carbonyl (C=O) groups excluding carboxylic acids is 1. The van der Waals surface area contributed by atoms with E-state index in [0.717, 1.165) is 27.9 Å². The number of anilines is 1. The molecule has 0 aliphatic rings. The Kier molecular flexibility index (Phi) is 6.67. The fraction of sp³-hybridized carbons (Fsp3) is 0.269. The van der Waals surface area contributed by atoms with Crippen molar-refractivity contribution in [3.8, 4) is 28.5 Å². The molecule has 0 unspecified atom stereocenters. The summed E-state index contributed by atoms with van der Waals surface area (Å²) in [5.41, 5.74) is 4.15. The zero-order chi connectivity index (χ0) is 24.2. The van der Waals surface area contributed by atoms with Crippen LogP contribution in [0.15, 0.2) is 54.6 Å². The molecule has 1 N–H and O–H groups in total. The summed E-state index contributed by atoms with van der Waals surface area (Å²) in [6.45, 7) is 6.34. The maximum absolute atomic E-state index is 12.9. The first-order valence-corrected chi connectivity index (χ1v) is 11.1. The molecule has 0 fully saturated rings. The van der Waals surface area contributed by atoms with Crippen molar-refractivity contribution in [2.75, 3.05) is 19.5 Å². The zero-order valence-electron chi connectivity index (χ0n) is 20.0. The van der Waals surface area contributed by atoms with Crippen LogP contribution in [0.25, 0.3) is 22.2 Å². The number of fused-ring (bicyclic) bond motifs is 1. The van der Waals surface area contributed by atoms with Crippen molar-refractivity contribution in [2.24, 2.45) is 0 Å². The molecule has 2 aromatic carbocycles. The van der Waals surface area contributed by atoms with Gasteiger partial charge in [-0.2, -0.15) is 10.1 Å². The van der Waals surface area contributed by atoms with Gasteiger partial charge in [0.1, 0.15) is 11.5 Å². The van der Waals surface area contributed by atoms with E-state index in [2.05, 4.69) is 10.4 Å². The van der Waals surface area contributed by atoms with Gasteiger partial charge in [-0.25, -0.2) is 4.68 Å². The van der Waals surface area contributed by atoms with Crippen LogP contribution in [-0.4, -0.2) is 41.0 Å². The summed E-state index contributed by atoms with van der Waals surface area (Å²) >= 11 is 0. The minimum atomic E-state index is -0.801. The monoisotopic (exact) mass is 460 g/mol. The molecular formula is C26H28N4O4. The van der Waals surface area contributed by atoms with Gasteiger partial charge in [0.15, 0.2) is 11.8 Å². The maximum atomic E-state index is 12.9. The molecule has 0 spiro atoms. The second-order valence-corrected chi connectivity index (χ2v) is 7.82. The lowest BCUT2D eigenvalue weighted by Gasteiger charge is -2.16. The SMILES string of the molecule is CCn1nc(C)c2c(-c3ccccc3)cc(O[C@@H](C)C(=O)Nc3cc(OC)cc(OC)c3)nc21. The third-order valence-electron chi connectivity index (χ3n) is 5.52. The van der Waals surface area contributed by atoms with E-state index in [-0.39, 0.29) is 5.91 Å². The molecule has 2 aromatic heterocycles. The number of nitrogens with one attached hydrogen (secondary N) is 1. The predicted molar refractivity (Wildman–Crippen MR) is 132 cm³/mol. The molecule has 0 aliphatic heterocycles. The maximum Gasteiger partial charge on any atom is 0.265 e. The van der Waals surface area contributed by atoms with Crippen LogP contribution in [0.3, 0.4) is 0 Å². The molecule has 1 atom stereocenters. The normalized spacial score (nSPS) is 11.8. The van der Waals surface area contributed by atoms with Gasteiger partial charge >= 0.3 is 0 Å². The Morgan fingerprint density at radius 2 is 1.74 bits per heavy atom. The molecule has 0 radical (unpaired) electrons. The minimum absolute atomic E-state index is 0.321. The number of hydrogen-bond donors (Lipinski definition) is 1. The van der Waals surface area contributed by atoms with Gasteiger partial charge in [0.25, 0.3) is 5.91 Å². The Morgan fingerprint density at radius 1 is 1.06 bits per heavy atom. The van der Waals surface area contributed by atoms with Gasteiger partial charge in [-0.1, -0.05) is 30.3 Å². The van der Waals surface area contributed by atoms with E-state index in [0.29, 0.717) is 29.6 Å². The molecule has 4 rings (SSSR count). The average Bonchev–Trinajstić information content (AvgIpc) is 3.19. The van der Waals surface area contributed by atoms with Gasteiger partial charge < -0.3 is 19.5 Å². The summed E-state index contributed by atoms with van der Waals surface area (Å²) in [5, 5.41) is 8.46. The van der Waals surface area contributed by atoms with E-state index < -0.39 is 6.10 Å². The van der Waals surface area contributed by atoms with Crippen LogP contribution >= 0.6 is 0 Å². The lowest BCUT2D eigenvalue weighted by molar-refractivity contribution is -0.122. The molecule has 1 amide bonds. The number of amides is 1. The van der Waals surface area contributed by atoms with Crippen molar-refractivity contribution in [2.45, 2.75) is 33.4 Å². The van der Waals surface area contributed by atoms with Gasteiger partial charge in [-0.15, -0.1) is 0 Å². The Balaban J connectivity index is 1.64. The van der Waals surface area contributed by atoms with Crippen LogP contribution in [0.2, 0.25) is 0 Å². The fourth-order valence-electron chi connectivity index (χ4n) is 3.81. The van der Waals surface area contributed by atoms with Gasteiger partial charge in [-0.3, -0.25) is 4.79 Å². The van der Waals surface area contributed by atoms with E-state index in [9.17, 15) is 4.79 Å². The number of nitrogens with zero attached hydrogens (tertiary/aromatic N) is 3. The molecule has 176 valence electrons. The molecule has 0 saturated carbocycles. The van der Waals surface area contributed by atoms with Crippen LogP contribution in [-0.2, 0) is 11.3 Å². The first kappa shape index (κ1) is 23.1. The molecule has 8 heteroatoms. The third-order valence-corrected chi connectivity index (χ3v) is 5.52. The van der Waals surface area contributed by atoms with Crippen molar-refractivity contribution in [3.63, 3.8) is 0 Å². The van der Waals surface area contributed by atoms with Crippen molar-refractivity contribution in [1.29, 1.82) is 0 Å². The summed E-state index contributed by atoms with van der Waals surface area (Å²) in [5.74, 6) is 1.18. The number of methoxy groups -OCH3 is 2. The predicted octanol–water partition coefficient (Wildman–Crippen LogP) is 4.85. The highest BCUT2D eigenvalue weighted by atomic mass is 16.5. The van der Waals surface area contributed by atoms with E-state index in [1.165, 1.54) is 0 Å². The van der Waals surface area contributed by atoms with E-state index in [1.54, 1.807) is 39.3 Å². The number of pyridine rings is 1. The Hall–Kier alpha value is -4.07. The Bertz CT molecular complexity index is 1300. The first-order valence-electron chi connectivity index (χ1n) is 11.1. The quantitative estimate of drug-likeness (QED) is 0.404. The van der Waals surface area contributed by atoms with E-state index in [4.69, 9.17) is 19.2 Å². The van der Waals surface area contributed by atoms with Crippen LogP contribution < -0.4 is 19.5 Å². The van der Waals surface area contributed by atoms with Crippen LogP contribution in [0.4, 0.5) is 5.69 Å². The second kappa shape index (κ2) is 9.82. The average molecular weight is 461 g/mol. The molecule has 0 saturated heterocycles. The number of hydrogen-bond acceptors (Lipinski definition) is 6. The lowest BCUT2D eigenvalue weighted by atomic mass is 10.0. The molecule has 0 bridgehead atoms. The lowest BCUT2D eigenvalue weighted by Crippen LogP contribution is -2.30. The van der Waals surface area contributed by atoms with Gasteiger partial charge in [0.05, 0.1) is 25.3 Å². The second-order valence-electron chi connectivity index (χ2n) is 7.82. The van der Waals surface area contributed by atoms with Gasteiger partial charge in [0, 0.05) is 36.5 Å². The number of aryl methyl sites for hydroxylation is 2. The number of benzene rings is 2. The molecule has 8 nitrogen and oxygen atoms in total. The number of rotatable bonds is 8. The summed E-state index contributed by atoms with van der Waals surface area (Å²) in [4.78, 5) is 17.6. The number of ether oxygens (including phenoxy) is 3. The topological polar surface area (TPSA) is 87.5 Å². The van der Waals surface area contributed by atoms with Crippen LogP contribution in [0.5, 0.6) is 17.4 Å². The molecule has 2 heterocycles.